The molecule has 5 nitrogen and oxygen atoms in total. The third kappa shape index (κ3) is 2.36. The Morgan fingerprint density at radius 3 is 2.57 bits per heavy atom. The van der Waals surface area contributed by atoms with Crippen molar-refractivity contribution < 1.29 is 13.2 Å². The third-order valence-electron chi connectivity index (χ3n) is 1.57. The summed E-state index contributed by atoms with van der Waals surface area (Å²) in [5, 5.41) is 4.99. The van der Waals surface area contributed by atoms with E-state index in [2.05, 4.69) is 0 Å². The van der Waals surface area contributed by atoms with Crippen molar-refractivity contribution in [2.24, 2.45) is 5.14 Å². The molecule has 1 aromatic rings. The van der Waals surface area contributed by atoms with Gasteiger partial charge in [0.15, 0.2) is 0 Å². The maximum atomic E-state index is 11.1. The van der Waals surface area contributed by atoms with Crippen LogP contribution in [0.1, 0.15) is 6.92 Å². The van der Waals surface area contributed by atoms with E-state index in [1.165, 1.54) is 18.2 Å². The zero-order valence-corrected chi connectivity index (χ0v) is 8.54. The SMILES string of the molecule is CCOc1cc(N)ccc1S(N)(=O)=O. The van der Waals surface area contributed by atoms with Gasteiger partial charge >= 0.3 is 0 Å². The molecule has 0 amide bonds. The van der Waals surface area contributed by atoms with Crippen LogP contribution in [0.2, 0.25) is 0 Å². The predicted octanol–water partition coefficient (Wildman–Crippen LogP) is 0.315. The van der Waals surface area contributed by atoms with Crippen LogP contribution in [-0.2, 0) is 10.0 Å². The van der Waals surface area contributed by atoms with Crippen molar-refractivity contribution in [3.05, 3.63) is 18.2 Å². The molecule has 0 aromatic heterocycles. The summed E-state index contributed by atoms with van der Waals surface area (Å²) in [6.45, 7) is 2.10. The number of hydrogen-bond donors (Lipinski definition) is 2. The van der Waals surface area contributed by atoms with Crippen LogP contribution in [0.3, 0.4) is 0 Å². The van der Waals surface area contributed by atoms with Gasteiger partial charge < -0.3 is 10.5 Å². The van der Waals surface area contributed by atoms with E-state index in [0.717, 1.165) is 0 Å². The molecule has 78 valence electrons. The molecule has 0 saturated heterocycles. The second kappa shape index (κ2) is 3.85. The Balaban J connectivity index is 3.29. The average molecular weight is 216 g/mol. The highest BCUT2D eigenvalue weighted by atomic mass is 32.2. The average Bonchev–Trinajstić information content (AvgIpc) is 2.02. The number of benzene rings is 1. The van der Waals surface area contributed by atoms with Gasteiger partial charge in [0, 0.05) is 11.8 Å². The first-order valence-electron chi connectivity index (χ1n) is 4.00. The van der Waals surface area contributed by atoms with E-state index in [1.807, 2.05) is 0 Å². The second-order valence-electron chi connectivity index (χ2n) is 2.68. The Kier molecular flexibility index (Phi) is 2.97. The van der Waals surface area contributed by atoms with E-state index in [-0.39, 0.29) is 10.6 Å². The van der Waals surface area contributed by atoms with E-state index < -0.39 is 10.0 Å². The Morgan fingerprint density at radius 2 is 2.07 bits per heavy atom. The van der Waals surface area contributed by atoms with Gasteiger partial charge in [-0.1, -0.05) is 0 Å². The van der Waals surface area contributed by atoms with Gasteiger partial charge in [-0.25, -0.2) is 13.6 Å². The lowest BCUT2D eigenvalue weighted by atomic mass is 10.3. The third-order valence-corrected chi connectivity index (χ3v) is 2.52. The van der Waals surface area contributed by atoms with Gasteiger partial charge in [-0.05, 0) is 19.1 Å². The molecule has 0 saturated carbocycles. The molecule has 1 rings (SSSR count). The second-order valence-corrected chi connectivity index (χ2v) is 4.21. The molecule has 0 aliphatic heterocycles. The van der Waals surface area contributed by atoms with Crippen LogP contribution in [0, 0.1) is 0 Å². The minimum Gasteiger partial charge on any atom is -0.492 e. The molecule has 1 aromatic carbocycles. The lowest BCUT2D eigenvalue weighted by Gasteiger charge is -2.08. The molecule has 0 radical (unpaired) electrons. The topological polar surface area (TPSA) is 95.4 Å². The van der Waals surface area contributed by atoms with Crippen LogP contribution >= 0.6 is 0 Å². The van der Waals surface area contributed by atoms with Crippen LogP contribution in [-0.4, -0.2) is 15.0 Å². The van der Waals surface area contributed by atoms with Crippen LogP contribution < -0.4 is 15.6 Å². The summed E-state index contributed by atoms with van der Waals surface area (Å²) < 4.78 is 27.3. The summed E-state index contributed by atoms with van der Waals surface area (Å²) in [6.07, 6.45) is 0. The molecule has 0 unspecified atom stereocenters. The van der Waals surface area contributed by atoms with Crippen molar-refractivity contribution >= 4 is 15.7 Å². The number of ether oxygens (including phenoxy) is 1. The first-order chi connectivity index (χ1) is 6.45. The number of hydrogen-bond acceptors (Lipinski definition) is 4. The molecular formula is C8H12N2O3S. The van der Waals surface area contributed by atoms with Crippen molar-refractivity contribution in [2.75, 3.05) is 12.3 Å². The Bertz CT molecular complexity index is 428. The van der Waals surface area contributed by atoms with Crippen LogP contribution in [0.25, 0.3) is 0 Å². The van der Waals surface area contributed by atoms with Gasteiger partial charge in [0.1, 0.15) is 10.6 Å². The number of nitrogen functional groups attached to an aromatic ring is 1. The summed E-state index contributed by atoms with van der Waals surface area (Å²) >= 11 is 0. The molecule has 0 heterocycles. The van der Waals surface area contributed by atoms with E-state index in [0.29, 0.717) is 12.3 Å². The molecule has 4 N–H and O–H groups in total. The van der Waals surface area contributed by atoms with Crippen LogP contribution in [0.4, 0.5) is 5.69 Å². The first-order valence-corrected chi connectivity index (χ1v) is 5.55. The van der Waals surface area contributed by atoms with Crippen LogP contribution in [0.5, 0.6) is 5.75 Å². The zero-order valence-electron chi connectivity index (χ0n) is 7.73. The molecule has 0 spiro atoms. The van der Waals surface area contributed by atoms with E-state index >= 15 is 0 Å². The standard InChI is InChI=1S/C8H12N2O3S/c1-2-13-7-5-6(9)3-4-8(7)14(10,11)12/h3-5H,2,9H2,1H3,(H2,10,11,12). The highest BCUT2D eigenvalue weighted by molar-refractivity contribution is 7.89. The zero-order chi connectivity index (χ0) is 10.8. The molecular weight excluding hydrogens is 204 g/mol. The fraction of sp³-hybridized carbons (Fsp3) is 0.250. The van der Waals surface area contributed by atoms with Crippen molar-refractivity contribution in [1.82, 2.24) is 0 Å². The fourth-order valence-corrected chi connectivity index (χ4v) is 1.68. The minimum absolute atomic E-state index is 0.0476. The maximum absolute atomic E-state index is 11.1. The number of rotatable bonds is 3. The quantitative estimate of drug-likeness (QED) is 0.711. The minimum atomic E-state index is -3.75. The van der Waals surface area contributed by atoms with Crippen molar-refractivity contribution in [1.29, 1.82) is 0 Å². The maximum Gasteiger partial charge on any atom is 0.241 e. The molecule has 0 bridgehead atoms. The Labute approximate surface area is 82.7 Å². The molecule has 14 heavy (non-hydrogen) atoms. The molecule has 6 heteroatoms. The monoisotopic (exact) mass is 216 g/mol. The summed E-state index contributed by atoms with van der Waals surface area (Å²) in [5.41, 5.74) is 5.92. The Morgan fingerprint density at radius 1 is 1.43 bits per heavy atom. The lowest BCUT2D eigenvalue weighted by molar-refractivity contribution is 0.331. The van der Waals surface area contributed by atoms with Gasteiger partial charge in [-0.15, -0.1) is 0 Å². The van der Waals surface area contributed by atoms with Gasteiger partial charge in [-0.2, -0.15) is 0 Å². The van der Waals surface area contributed by atoms with Crippen molar-refractivity contribution in [3.8, 4) is 5.75 Å². The summed E-state index contributed by atoms with van der Waals surface area (Å²) in [5.74, 6) is 0.190. The van der Waals surface area contributed by atoms with Gasteiger partial charge in [0.05, 0.1) is 6.61 Å². The number of primary sulfonamides is 1. The van der Waals surface area contributed by atoms with Gasteiger partial charge in [0.25, 0.3) is 0 Å². The van der Waals surface area contributed by atoms with E-state index in [1.54, 1.807) is 6.92 Å². The number of nitrogens with two attached hydrogens (primary N) is 2. The molecule has 0 fully saturated rings. The summed E-state index contributed by atoms with van der Waals surface area (Å²) in [4.78, 5) is -0.0476. The molecule has 0 aliphatic rings. The smallest absolute Gasteiger partial charge is 0.241 e. The summed E-state index contributed by atoms with van der Waals surface area (Å²) in [7, 11) is -3.75. The van der Waals surface area contributed by atoms with Gasteiger partial charge in [0.2, 0.25) is 10.0 Å². The molecule has 0 aliphatic carbocycles. The highest BCUT2D eigenvalue weighted by Crippen LogP contribution is 2.25. The Hall–Kier alpha value is -1.27. The van der Waals surface area contributed by atoms with Gasteiger partial charge in [-0.3, -0.25) is 0 Å². The van der Waals surface area contributed by atoms with Crippen molar-refractivity contribution in [2.45, 2.75) is 11.8 Å². The predicted molar refractivity (Wildman–Crippen MR) is 53.4 cm³/mol. The lowest BCUT2D eigenvalue weighted by Crippen LogP contribution is -2.14. The summed E-state index contributed by atoms with van der Waals surface area (Å²) in [6, 6.07) is 4.22. The van der Waals surface area contributed by atoms with E-state index in [9.17, 15) is 8.42 Å². The van der Waals surface area contributed by atoms with E-state index in [4.69, 9.17) is 15.6 Å². The fourth-order valence-electron chi connectivity index (χ4n) is 1.03. The number of anilines is 1. The van der Waals surface area contributed by atoms with Crippen LogP contribution in [0.15, 0.2) is 23.1 Å². The normalized spacial score (nSPS) is 11.3. The van der Waals surface area contributed by atoms with Crippen molar-refractivity contribution in [3.63, 3.8) is 0 Å². The largest absolute Gasteiger partial charge is 0.492 e. The highest BCUT2D eigenvalue weighted by Gasteiger charge is 2.14. The molecule has 0 atom stereocenters. The number of sulfonamides is 1. The first kappa shape index (κ1) is 10.8.